The lowest BCUT2D eigenvalue weighted by Crippen LogP contribution is -2.38. The summed E-state index contributed by atoms with van der Waals surface area (Å²) in [6.07, 6.45) is 7.54. The molecule has 6 nitrogen and oxygen atoms in total. The third-order valence-electron chi connectivity index (χ3n) is 5.54. The number of ether oxygens (including phenoxy) is 2. The molecule has 0 aromatic heterocycles. The number of benzene rings is 1. The first-order valence-corrected chi connectivity index (χ1v) is 8.70. The lowest BCUT2D eigenvalue weighted by Gasteiger charge is -2.37. The average Bonchev–Trinajstić information content (AvgIpc) is 3.18. The molecule has 128 valence electrons. The summed E-state index contributed by atoms with van der Waals surface area (Å²) in [5, 5.41) is 5.61. The normalized spacial score (nSPS) is 32.1. The third kappa shape index (κ3) is 2.13. The first kappa shape index (κ1) is 15.0. The SMILES string of the molecule is O=C1[C@@H]2[C@H](C(=O)N1/N=C\c1cc3c(cc1Cl)OCO3)[C@H]1C=C[C@H]2CC1. The Hall–Kier alpha value is -2.34. The largest absolute Gasteiger partial charge is 0.454 e. The molecule has 2 fully saturated rings. The number of hydrogen-bond donors (Lipinski definition) is 0. The van der Waals surface area contributed by atoms with Crippen LogP contribution in [0.3, 0.4) is 0 Å². The van der Waals surface area contributed by atoms with Crippen LogP contribution in [0.5, 0.6) is 11.5 Å². The highest BCUT2D eigenvalue weighted by molar-refractivity contribution is 6.33. The van der Waals surface area contributed by atoms with Crippen LogP contribution in [-0.2, 0) is 9.59 Å². The molecule has 3 aliphatic carbocycles. The number of imide groups is 1. The van der Waals surface area contributed by atoms with Crippen molar-refractivity contribution in [3.63, 3.8) is 0 Å². The Morgan fingerprint density at radius 2 is 1.64 bits per heavy atom. The van der Waals surface area contributed by atoms with Gasteiger partial charge in [-0.05, 0) is 30.7 Å². The van der Waals surface area contributed by atoms with Crippen LogP contribution in [-0.4, -0.2) is 29.8 Å². The van der Waals surface area contributed by atoms with E-state index in [1.165, 1.54) is 6.21 Å². The molecule has 5 aliphatic rings. The van der Waals surface area contributed by atoms with Gasteiger partial charge in [0.25, 0.3) is 11.8 Å². The number of carbonyl (C=O) groups excluding carboxylic acids is 2. The zero-order valence-electron chi connectivity index (χ0n) is 13.2. The molecule has 1 aromatic rings. The smallest absolute Gasteiger partial charge is 0.254 e. The van der Waals surface area contributed by atoms with E-state index in [2.05, 4.69) is 17.3 Å². The van der Waals surface area contributed by atoms with E-state index in [0.29, 0.717) is 22.1 Å². The van der Waals surface area contributed by atoms with Gasteiger partial charge in [0.05, 0.1) is 23.1 Å². The summed E-state index contributed by atoms with van der Waals surface area (Å²) in [4.78, 5) is 25.4. The fourth-order valence-corrected chi connectivity index (χ4v) is 4.53. The van der Waals surface area contributed by atoms with Crippen LogP contribution in [0.2, 0.25) is 5.02 Å². The van der Waals surface area contributed by atoms with Crippen molar-refractivity contribution in [3.8, 4) is 11.5 Å². The van der Waals surface area contributed by atoms with Crippen molar-refractivity contribution in [2.75, 3.05) is 6.79 Å². The summed E-state index contributed by atoms with van der Waals surface area (Å²) in [5.41, 5.74) is 0.572. The van der Waals surface area contributed by atoms with Crippen LogP contribution >= 0.6 is 11.6 Å². The number of carbonyl (C=O) groups is 2. The van der Waals surface area contributed by atoms with Gasteiger partial charge in [-0.15, -0.1) is 0 Å². The molecule has 2 bridgehead atoms. The summed E-state index contributed by atoms with van der Waals surface area (Å²) in [6, 6.07) is 3.33. The van der Waals surface area contributed by atoms with Crippen LogP contribution in [0.4, 0.5) is 0 Å². The first-order chi connectivity index (χ1) is 12.1. The average molecular weight is 359 g/mol. The number of fused-ring (bicyclic) bond motifs is 2. The zero-order valence-corrected chi connectivity index (χ0v) is 14.0. The molecular formula is C18H15ClN2O4. The van der Waals surface area contributed by atoms with Crippen molar-refractivity contribution in [2.45, 2.75) is 12.8 Å². The predicted molar refractivity (Wildman–Crippen MR) is 89.4 cm³/mol. The van der Waals surface area contributed by atoms with E-state index in [1.54, 1.807) is 12.1 Å². The Balaban J connectivity index is 1.44. The Kier molecular flexibility index (Phi) is 3.19. The summed E-state index contributed by atoms with van der Waals surface area (Å²) in [6.45, 7) is 0.147. The van der Waals surface area contributed by atoms with Gasteiger partial charge in [0.15, 0.2) is 11.5 Å². The molecule has 0 unspecified atom stereocenters. The quantitative estimate of drug-likeness (QED) is 0.463. The summed E-state index contributed by atoms with van der Waals surface area (Å²) in [5.74, 6) is 0.511. The van der Waals surface area contributed by atoms with Gasteiger partial charge in [-0.2, -0.15) is 10.1 Å². The number of halogens is 1. The number of hydrogen-bond acceptors (Lipinski definition) is 5. The van der Waals surface area contributed by atoms with Gasteiger partial charge in [0.2, 0.25) is 6.79 Å². The van der Waals surface area contributed by atoms with Crippen LogP contribution in [0.25, 0.3) is 0 Å². The maximum atomic E-state index is 12.7. The molecular weight excluding hydrogens is 344 g/mol. The van der Waals surface area contributed by atoms with Gasteiger partial charge in [0.1, 0.15) is 0 Å². The van der Waals surface area contributed by atoms with E-state index in [1.807, 2.05) is 0 Å². The van der Waals surface area contributed by atoms with E-state index < -0.39 is 0 Å². The highest BCUT2D eigenvalue weighted by Crippen LogP contribution is 2.49. The van der Waals surface area contributed by atoms with Crippen LogP contribution in [0.15, 0.2) is 29.4 Å². The predicted octanol–water partition coefficient (Wildman–Crippen LogP) is 2.60. The molecule has 1 saturated carbocycles. The number of allylic oxidation sites excluding steroid dienone is 2. The highest BCUT2D eigenvalue weighted by Gasteiger charge is 2.56. The molecule has 6 rings (SSSR count). The number of rotatable bonds is 2. The minimum Gasteiger partial charge on any atom is -0.454 e. The van der Waals surface area contributed by atoms with Crippen molar-refractivity contribution >= 4 is 29.6 Å². The van der Waals surface area contributed by atoms with Crippen molar-refractivity contribution < 1.29 is 19.1 Å². The number of nitrogens with zero attached hydrogens (tertiary/aromatic N) is 2. The maximum Gasteiger partial charge on any atom is 0.254 e. The summed E-state index contributed by atoms with van der Waals surface area (Å²) < 4.78 is 10.6. The Morgan fingerprint density at radius 3 is 2.24 bits per heavy atom. The monoisotopic (exact) mass is 358 g/mol. The Morgan fingerprint density at radius 1 is 1.04 bits per heavy atom. The van der Waals surface area contributed by atoms with Gasteiger partial charge in [-0.3, -0.25) is 9.59 Å². The highest BCUT2D eigenvalue weighted by atomic mass is 35.5. The molecule has 2 heterocycles. The van der Waals surface area contributed by atoms with Crippen LogP contribution in [0, 0.1) is 23.7 Å². The topological polar surface area (TPSA) is 68.2 Å². The van der Waals surface area contributed by atoms with E-state index >= 15 is 0 Å². The van der Waals surface area contributed by atoms with Crippen LogP contribution < -0.4 is 9.47 Å². The van der Waals surface area contributed by atoms with Crippen molar-refractivity contribution in [3.05, 3.63) is 34.9 Å². The Bertz CT molecular complexity index is 818. The minimum absolute atomic E-state index is 0.147. The second kappa shape index (κ2) is 5.33. The summed E-state index contributed by atoms with van der Waals surface area (Å²) in [7, 11) is 0. The number of hydrazone groups is 1. The van der Waals surface area contributed by atoms with Gasteiger partial charge >= 0.3 is 0 Å². The molecule has 1 aromatic carbocycles. The maximum absolute atomic E-state index is 12.7. The molecule has 25 heavy (non-hydrogen) atoms. The van der Waals surface area contributed by atoms with Gasteiger partial charge in [0, 0.05) is 11.6 Å². The lowest BCUT2D eigenvalue weighted by molar-refractivity contribution is -0.140. The third-order valence-corrected chi connectivity index (χ3v) is 5.87. The Labute approximate surface area is 149 Å². The van der Waals surface area contributed by atoms with Crippen molar-refractivity contribution in [2.24, 2.45) is 28.8 Å². The van der Waals surface area contributed by atoms with Gasteiger partial charge in [-0.1, -0.05) is 23.8 Å². The molecule has 2 aliphatic heterocycles. The standard InChI is InChI=1S/C18H15ClN2O4/c19-12-6-14-13(24-8-25-14)5-11(12)7-20-21-17(22)15-9-1-2-10(4-3-9)16(15)18(21)23/h1-2,5-7,9-10,15-16H,3-4,8H2/b20-7-/t9-,10-,15-,16+/m0/s1. The second-order valence-electron chi connectivity index (χ2n) is 6.80. The van der Waals surface area contributed by atoms with Gasteiger partial charge in [-0.25, -0.2) is 0 Å². The lowest BCUT2D eigenvalue weighted by atomic mass is 9.63. The molecule has 0 N–H and O–H groups in total. The summed E-state index contributed by atoms with van der Waals surface area (Å²) >= 11 is 6.22. The fraction of sp³-hybridized carbons (Fsp3) is 0.389. The minimum atomic E-state index is -0.263. The van der Waals surface area contributed by atoms with Crippen molar-refractivity contribution in [1.82, 2.24) is 5.01 Å². The van der Waals surface area contributed by atoms with Crippen molar-refractivity contribution in [1.29, 1.82) is 0 Å². The molecule has 2 amide bonds. The number of amides is 2. The molecule has 0 spiro atoms. The first-order valence-electron chi connectivity index (χ1n) is 8.33. The zero-order chi connectivity index (χ0) is 17.1. The molecule has 4 atom stereocenters. The molecule has 0 radical (unpaired) electrons. The fourth-order valence-electron chi connectivity index (χ4n) is 4.32. The van der Waals surface area contributed by atoms with E-state index in [4.69, 9.17) is 21.1 Å². The van der Waals surface area contributed by atoms with E-state index in [9.17, 15) is 9.59 Å². The molecule has 1 saturated heterocycles. The molecule has 7 heteroatoms. The second-order valence-corrected chi connectivity index (χ2v) is 7.21. The van der Waals surface area contributed by atoms with E-state index in [0.717, 1.165) is 17.9 Å². The van der Waals surface area contributed by atoms with Gasteiger partial charge < -0.3 is 9.47 Å². The van der Waals surface area contributed by atoms with E-state index in [-0.39, 0.29) is 42.3 Å². The van der Waals surface area contributed by atoms with Crippen LogP contribution in [0.1, 0.15) is 18.4 Å².